The van der Waals surface area contributed by atoms with Gasteiger partial charge in [-0.1, -0.05) is 11.6 Å². The van der Waals surface area contributed by atoms with Crippen molar-refractivity contribution in [2.45, 2.75) is 0 Å². The van der Waals surface area contributed by atoms with Gasteiger partial charge in [-0.25, -0.2) is 9.37 Å². The van der Waals surface area contributed by atoms with E-state index in [2.05, 4.69) is 9.97 Å². The maximum absolute atomic E-state index is 14.0. The first-order valence-electron chi connectivity index (χ1n) is 5.74. The van der Waals surface area contributed by atoms with Gasteiger partial charge in [0.25, 0.3) is 0 Å². The minimum absolute atomic E-state index is 0.127. The van der Waals surface area contributed by atoms with Crippen molar-refractivity contribution in [3.05, 3.63) is 41.2 Å². The summed E-state index contributed by atoms with van der Waals surface area (Å²) >= 11 is 5.91. The lowest BCUT2D eigenvalue weighted by atomic mass is 10.3. The second-order valence-electron chi connectivity index (χ2n) is 4.10. The Bertz CT molecular complexity index is 802. The fourth-order valence-corrected chi connectivity index (χ4v) is 2.13. The van der Waals surface area contributed by atoms with Crippen molar-refractivity contribution in [2.75, 3.05) is 12.8 Å². The molecule has 0 atom stereocenters. The van der Waals surface area contributed by atoms with Gasteiger partial charge in [-0.3, -0.25) is 4.57 Å². The molecule has 0 saturated carbocycles. The lowest BCUT2D eigenvalue weighted by Gasteiger charge is -2.08. The Labute approximate surface area is 118 Å². The molecule has 0 amide bonds. The van der Waals surface area contributed by atoms with E-state index in [1.165, 1.54) is 29.9 Å². The van der Waals surface area contributed by atoms with Crippen LogP contribution < -0.4 is 10.5 Å². The summed E-state index contributed by atoms with van der Waals surface area (Å²) in [7, 11) is 1.50. The molecule has 3 rings (SSSR count). The third-order valence-corrected chi connectivity index (χ3v) is 3.10. The van der Waals surface area contributed by atoms with Gasteiger partial charge >= 0.3 is 0 Å². The molecule has 7 heteroatoms. The van der Waals surface area contributed by atoms with E-state index < -0.39 is 5.82 Å². The van der Waals surface area contributed by atoms with Crippen molar-refractivity contribution in [2.24, 2.45) is 0 Å². The van der Waals surface area contributed by atoms with Crippen molar-refractivity contribution >= 4 is 28.7 Å². The number of nitrogens with zero attached hydrogens (tertiary/aromatic N) is 3. The summed E-state index contributed by atoms with van der Waals surface area (Å²) in [5, 5.41) is 0.394. The molecule has 0 bridgehead atoms. The van der Waals surface area contributed by atoms with Gasteiger partial charge in [0.05, 0.1) is 12.8 Å². The Morgan fingerprint density at radius 1 is 1.25 bits per heavy atom. The highest BCUT2D eigenvalue weighted by Crippen LogP contribution is 2.27. The van der Waals surface area contributed by atoms with Gasteiger partial charge < -0.3 is 10.5 Å². The van der Waals surface area contributed by atoms with Crippen molar-refractivity contribution in [1.82, 2.24) is 14.5 Å². The number of fused-ring (bicyclic) bond motifs is 1. The van der Waals surface area contributed by atoms with E-state index >= 15 is 0 Å². The number of pyridine rings is 1. The van der Waals surface area contributed by atoms with Gasteiger partial charge in [-0.2, -0.15) is 4.98 Å². The first kappa shape index (κ1) is 12.7. The third-order valence-electron chi connectivity index (χ3n) is 2.86. The molecule has 2 N–H and O–H groups in total. The molecule has 20 heavy (non-hydrogen) atoms. The molecule has 5 nitrogen and oxygen atoms in total. The number of hydrogen-bond acceptors (Lipinski definition) is 4. The monoisotopic (exact) mass is 292 g/mol. The van der Waals surface area contributed by atoms with Gasteiger partial charge in [-0.15, -0.1) is 0 Å². The van der Waals surface area contributed by atoms with Crippen molar-refractivity contribution < 1.29 is 9.13 Å². The highest BCUT2D eigenvalue weighted by molar-refractivity contribution is 6.30. The lowest BCUT2D eigenvalue weighted by Crippen LogP contribution is -2.04. The molecule has 102 valence electrons. The number of benzene rings is 1. The number of halogens is 2. The molecule has 2 aromatic heterocycles. The normalized spacial score (nSPS) is 10.9. The smallest absolute Gasteiger partial charge is 0.215 e. The van der Waals surface area contributed by atoms with Crippen LogP contribution >= 0.6 is 11.6 Å². The number of anilines is 1. The van der Waals surface area contributed by atoms with E-state index in [4.69, 9.17) is 22.1 Å². The Morgan fingerprint density at radius 3 is 2.80 bits per heavy atom. The van der Waals surface area contributed by atoms with Crippen LogP contribution in [0, 0.1) is 5.82 Å². The minimum Gasteiger partial charge on any atom is -0.481 e. The SMILES string of the molecule is COc1ccc2nc(N)n(-c3cc(Cl)ccc3F)c2n1. The number of nitrogens with two attached hydrogens (primary N) is 1. The van der Waals surface area contributed by atoms with E-state index in [1.807, 2.05) is 0 Å². The Kier molecular flexibility index (Phi) is 2.94. The molecule has 0 aliphatic rings. The van der Waals surface area contributed by atoms with Crippen LogP contribution in [0.25, 0.3) is 16.9 Å². The van der Waals surface area contributed by atoms with Crippen molar-refractivity contribution in [3.63, 3.8) is 0 Å². The summed E-state index contributed by atoms with van der Waals surface area (Å²) in [4.78, 5) is 8.40. The van der Waals surface area contributed by atoms with E-state index in [0.717, 1.165) is 0 Å². The minimum atomic E-state index is -0.468. The molecule has 0 saturated heterocycles. The van der Waals surface area contributed by atoms with E-state index in [9.17, 15) is 4.39 Å². The molecule has 0 fully saturated rings. The summed E-state index contributed by atoms with van der Waals surface area (Å²) in [6.07, 6.45) is 0. The highest BCUT2D eigenvalue weighted by Gasteiger charge is 2.15. The van der Waals surface area contributed by atoms with Gasteiger partial charge in [0.2, 0.25) is 11.8 Å². The van der Waals surface area contributed by atoms with Gasteiger partial charge in [0.1, 0.15) is 11.3 Å². The second-order valence-corrected chi connectivity index (χ2v) is 4.53. The van der Waals surface area contributed by atoms with Gasteiger partial charge in [0, 0.05) is 11.1 Å². The van der Waals surface area contributed by atoms with Crippen LogP contribution in [-0.2, 0) is 0 Å². The van der Waals surface area contributed by atoms with Crippen LogP contribution in [0.2, 0.25) is 5.02 Å². The Hall–Kier alpha value is -2.34. The number of imidazole rings is 1. The maximum atomic E-state index is 14.0. The van der Waals surface area contributed by atoms with Crippen LogP contribution in [0.3, 0.4) is 0 Å². The molecule has 3 aromatic rings. The molecular formula is C13H10ClFN4O. The molecule has 0 radical (unpaired) electrons. The molecule has 0 aliphatic carbocycles. The van der Waals surface area contributed by atoms with Crippen LogP contribution in [0.5, 0.6) is 5.88 Å². The fraction of sp³-hybridized carbons (Fsp3) is 0.0769. The average Bonchev–Trinajstić information content (AvgIpc) is 2.76. The van der Waals surface area contributed by atoms with Crippen LogP contribution in [-0.4, -0.2) is 21.6 Å². The predicted octanol–water partition coefficient (Wildman–Crippen LogP) is 2.80. The Balaban J connectivity index is 2.34. The topological polar surface area (TPSA) is 66.0 Å². The van der Waals surface area contributed by atoms with Crippen molar-refractivity contribution in [3.8, 4) is 11.6 Å². The molecule has 0 spiro atoms. The summed E-state index contributed by atoms with van der Waals surface area (Å²) < 4.78 is 20.5. The number of aromatic nitrogens is 3. The average molecular weight is 293 g/mol. The first-order chi connectivity index (χ1) is 9.60. The standard InChI is InChI=1S/C13H10ClFN4O/c1-20-11-5-4-9-12(18-11)19(13(16)17-9)10-6-7(14)2-3-8(10)15/h2-6H,1H3,(H2,16,17). The molecule has 1 aromatic carbocycles. The quantitative estimate of drug-likeness (QED) is 0.789. The van der Waals surface area contributed by atoms with Crippen LogP contribution in [0.15, 0.2) is 30.3 Å². The van der Waals surface area contributed by atoms with E-state index in [-0.39, 0.29) is 11.6 Å². The van der Waals surface area contributed by atoms with Crippen molar-refractivity contribution in [1.29, 1.82) is 0 Å². The molecule has 0 aliphatic heterocycles. The zero-order valence-electron chi connectivity index (χ0n) is 10.5. The maximum Gasteiger partial charge on any atom is 0.215 e. The zero-order valence-corrected chi connectivity index (χ0v) is 11.2. The number of rotatable bonds is 2. The zero-order chi connectivity index (χ0) is 14.3. The highest BCUT2D eigenvalue weighted by atomic mass is 35.5. The number of nitrogen functional groups attached to an aromatic ring is 1. The van der Waals surface area contributed by atoms with E-state index in [1.54, 1.807) is 12.1 Å². The fourth-order valence-electron chi connectivity index (χ4n) is 1.97. The summed E-state index contributed by atoms with van der Waals surface area (Å²) in [5.41, 5.74) is 7.00. The summed E-state index contributed by atoms with van der Waals surface area (Å²) in [6, 6.07) is 7.56. The van der Waals surface area contributed by atoms with Crippen LogP contribution in [0.1, 0.15) is 0 Å². The number of hydrogen-bond donors (Lipinski definition) is 1. The molecular weight excluding hydrogens is 283 g/mol. The van der Waals surface area contributed by atoms with E-state index in [0.29, 0.717) is 22.1 Å². The number of methoxy groups -OCH3 is 1. The largest absolute Gasteiger partial charge is 0.481 e. The second kappa shape index (κ2) is 4.64. The number of ether oxygens (including phenoxy) is 1. The van der Waals surface area contributed by atoms with Gasteiger partial charge in [-0.05, 0) is 24.3 Å². The van der Waals surface area contributed by atoms with Crippen LogP contribution in [0.4, 0.5) is 10.3 Å². The molecule has 2 heterocycles. The van der Waals surface area contributed by atoms with Gasteiger partial charge in [0.15, 0.2) is 5.65 Å². The Morgan fingerprint density at radius 2 is 2.05 bits per heavy atom. The third kappa shape index (κ3) is 1.94. The first-order valence-corrected chi connectivity index (χ1v) is 6.12. The summed E-state index contributed by atoms with van der Waals surface area (Å²) in [5.74, 6) is 0.0491. The predicted molar refractivity (Wildman–Crippen MR) is 74.8 cm³/mol. The summed E-state index contributed by atoms with van der Waals surface area (Å²) in [6.45, 7) is 0. The molecule has 0 unspecified atom stereocenters. The lowest BCUT2D eigenvalue weighted by molar-refractivity contribution is 0.399.